The van der Waals surface area contributed by atoms with Crippen LogP contribution in [0, 0.1) is 0 Å². The summed E-state index contributed by atoms with van der Waals surface area (Å²) in [5.41, 5.74) is 1.19. The molecule has 0 saturated carbocycles. The van der Waals surface area contributed by atoms with Gasteiger partial charge in [0, 0.05) is 25.0 Å². The number of carbonyl (C=O) groups is 1. The molecule has 0 fully saturated rings. The van der Waals surface area contributed by atoms with Gasteiger partial charge in [0.1, 0.15) is 0 Å². The fourth-order valence-corrected chi connectivity index (χ4v) is 1.89. The molecule has 1 heterocycles. The summed E-state index contributed by atoms with van der Waals surface area (Å²) >= 11 is 0. The van der Waals surface area contributed by atoms with Gasteiger partial charge >= 0.3 is 5.97 Å². The summed E-state index contributed by atoms with van der Waals surface area (Å²) in [6, 6.07) is 4.05. The first-order chi connectivity index (χ1) is 8.13. The molecule has 4 heteroatoms. The molecule has 0 spiro atoms. The van der Waals surface area contributed by atoms with E-state index in [0.29, 0.717) is 0 Å². The van der Waals surface area contributed by atoms with Crippen LogP contribution in [0.5, 0.6) is 0 Å². The van der Waals surface area contributed by atoms with Crippen LogP contribution in [0.4, 0.5) is 0 Å². The number of aliphatic carboxylic acids is 1. The normalized spacial score (nSPS) is 12.6. The summed E-state index contributed by atoms with van der Waals surface area (Å²) in [6.07, 6.45) is 4.72. The van der Waals surface area contributed by atoms with E-state index < -0.39 is 5.97 Å². The van der Waals surface area contributed by atoms with E-state index in [1.54, 1.807) is 6.20 Å². The van der Waals surface area contributed by atoms with E-state index >= 15 is 0 Å². The molecule has 0 bridgehead atoms. The standard InChI is InChI=1S/C13H20N2O2/c1-3-15(11(2)9-13(16)17)8-6-12-5-4-7-14-10-12/h4-5,7,10-11H,3,6,8-9H2,1-2H3,(H,16,17). The van der Waals surface area contributed by atoms with Gasteiger partial charge in [-0.2, -0.15) is 0 Å². The molecule has 0 aliphatic rings. The molecular weight excluding hydrogens is 216 g/mol. The van der Waals surface area contributed by atoms with Crippen LogP contribution in [-0.2, 0) is 11.2 Å². The second kappa shape index (κ2) is 7.01. The SMILES string of the molecule is CCN(CCc1cccnc1)C(C)CC(=O)O. The van der Waals surface area contributed by atoms with Crippen LogP contribution in [0.1, 0.15) is 25.8 Å². The van der Waals surface area contributed by atoms with Crippen LogP contribution in [0.2, 0.25) is 0 Å². The lowest BCUT2D eigenvalue weighted by Crippen LogP contribution is -2.36. The van der Waals surface area contributed by atoms with E-state index in [9.17, 15) is 4.79 Å². The number of pyridine rings is 1. The Morgan fingerprint density at radius 3 is 2.88 bits per heavy atom. The van der Waals surface area contributed by atoms with Crippen LogP contribution < -0.4 is 0 Å². The van der Waals surface area contributed by atoms with Crippen molar-refractivity contribution in [2.75, 3.05) is 13.1 Å². The summed E-state index contributed by atoms with van der Waals surface area (Å²) in [7, 11) is 0. The van der Waals surface area contributed by atoms with E-state index in [1.165, 1.54) is 5.56 Å². The number of rotatable bonds is 7. The number of likely N-dealkylation sites (N-methyl/N-ethyl adjacent to an activating group) is 1. The summed E-state index contributed by atoms with van der Waals surface area (Å²) < 4.78 is 0. The Labute approximate surface area is 102 Å². The molecule has 1 unspecified atom stereocenters. The maximum atomic E-state index is 10.7. The van der Waals surface area contributed by atoms with Gasteiger partial charge in [0.25, 0.3) is 0 Å². The third kappa shape index (κ3) is 4.95. The molecule has 0 radical (unpaired) electrons. The summed E-state index contributed by atoms with van der Waals surface area (Å²) in [4.78, 5) is 16.9. The molecule has 1 atom stereocenters. The van der Waals surface area contributed by atoms with Crippen molar-refractivity contribution in [3.05, 3.63) is 30.1 Å². The molecule has 0 aliphatic carbocycles. The highest BCUT2D eigenvalue weighted by atomic mass is 16.4. The van der Waals surface area contributed by atoms with E-state index in [4.69, 9.17) is 5.11 Å². The summed E-state index contributed by atoms with van der Waals surface area (Å²) in [5.74, 6) is -0.739. The fourth-order valence-electron chi connectivity index (χ4n) is 1.89. The zero-order valence-corrected chi connectivity index (χ0v) is 10.5. The Balaban J connectivity index is 2.44. The average Bonchev–Trinajstić information content (AvgIpc) is 2.30. The highest BCUT2D eigenvalue weighted by Gasteiger charge is 2.14. The van der Waals surface area contributed by atoms with Gasteiger partial charge in [0.2, 0.25) is 0 Å². The third-order valence-electron chi connectivity index (χ3n) is 2.91. The predicted octanol–water partition coefficient (Wildman–Crippen LogP) is 1.81. The lowest BCUT2D eigenvalue weighted by molar-refractivity contribution is -0.138. The highest BCUT2D eigenvalue weighted by Crippen LogP contribution is 2.06. The first-order valence-electron chi connectivity index (χ1n) is 5.98. The number of hydrogen-bond donors (Lipinski definition) is 1. The molecule has 0 aliphatic heterocycles. The van der Waals surface area contributed by atoms with Gasteiger partial charge in [-0.3, -0.25) is 9.78 Å². The van der Waals surface area contributed by atoms with Gasteiger partial charge in [-0.25, -0.2) is 0 Å². The molecule has 1 aromatic rings. The molecule has 94 valence electrons. The number of aromatic nitrogens is 1. The van der Waals surface area contributed by atoms with E-state index in [0.717, 1.165) is 19.5 Å². The largest absolute Gasteiger partial charge is 0.481 e. The van der Waals surface area contributed by atoms with Crippen molar-refractivity contribution in [1.82, 2.24) is 9.88 Å². The average molecular weight is 236 g/mol. The fraction of sp³-hybridized carbons (Fsp3) is 0.538. The minimum absolute atomic E-state index is 0.0779. The van der Waals surface area contributed by atoms with Crippen molar-refractivity contribution in [3.63, 3.8) is 0 Å². The molecule has 0 amide bonds. The molecule has 0 saturated heterocycles. The Bertz CT molecular complexity index is 341. The molecule has 0 aromatic carbocycles. The van der Waals surface area contributed by atoms with Crippen molar-refractivity contribution in [2.45, 2.75) is 32.7 Å². The molecule has 1 aromatic heterocycles. The number of carboxylic acids is 1. The molecule has 4 nitrogen and oxygen atoms in total. The van der Waals surface area contributed by atoms with Crippen LogP contribution in [-0.4, -0.2) is 40.1 Å². The Hall–Kier alpha value is -1.42. The minimum Gasteiger partial charge on any atom is -0.481 e. The zero-order chi connectivity index (χ0) is 12.7. The minimum atomic E-state index is -0.739. The maximum Gasteiger partial charge on any atom is 0.304 e. The van der Waals surface area contributed by atoms with Crippen LogP contribution >= 0.6 is 0 Å². The third-order valence-corrected chi connectivity index (χ3v) is 2.91. The van der Waals surface area contributed by atoms with Crippen molar-refractivity contribution in [2.24, 2.45) is 0 Å². The quantitative estimate of drug-likeness (QED) is 0.784. The topological polar surface area (TPSA) is 53.4 Å². The number of hydrogen-bond acceptors (Lipinski definition) is 3. The van der Waals surface area contributed by atoms with Crippen LogP contribution in [0.25, 0.3) is 0 Å². The second-order valence-corrected chi connectivity index (χ2v) is 4.19. The first-order valence-corrected chi connectivity index (χ1v) is 5.98. The smallest absolute Gasteiger partial charge is 0.304 e. The Morgan fingerprint density at radius 2 is 2.35 bits per heavy atom. The second-order valence-electron chi connectivity index (χ2n) is 4.19. The van der Waals surface area contributed by atoms with E-state index in [-0.39, 0.29) is 12.5 Å². The van der Waals surface area contributed by atoms with E-state index in [2.05, 4.69) is 16.8 Å². The maximum absolute atomic E-state index is 10.7. The van der Waals surface area contributed by atoms with Gasteiger partial charge in [-0.1, -0.05) is 13.0 Å². The van der Waals surface area contributed by atoms with Crippen LogP contribution in [0.15, 0.2) is 24.5 Å². The van der Waals surface area contributed by atoms with Crippen molar-refractivity contribution in [1.29, 1.82) is 0 Å². The highest BCUT2D eigenvalue weighted by molar-refractivity contribution is 5.67. The molecular formula is C13H20N2O2. The van der Waals surface area contributed by atoms with Gasteiger partial charge in [0.15, 0.2) is 0 Å². The molecule has 17 heavy (non-hydrogen) atoms. The van der Waals surface area contributed by atoms with Gasteiger partial charge < -0.3 is 10.0 Å². The summed E-state index contributed by atoms with van der Waals surface area (Å²) in [5, 5.41) is 8.78. The number of carboxylic acid groups (broad SMARTS) is 1. The number of nitrogens with zero attached hydrogens (tertiary/aromatic N) is 2. The van der Waals surface area contributed by atoms with Gasteiger partial charge in [0.05, 0.1) is 6.42 Å². The van der Waals surface area contributed by atoms with Gasteiger partial charge in [-0.05, 0) is 31.5 Å². The Morgan fingerprint density at radius 1 is 1.59 bits per heavy atom. The Kier molecular flexibility index (Phi) is 5.63. The zero-order valence-electron chi connectivity index (χ0n) is 10.5. The van der Waals surface area contributed by atoms with Crippen molar-refractivity contribution < 1.29 is 9.90 Å². The monoisotopic (exact) mass is 236 g/mol. The predicted molar refractivity (Wildman–Crippen MR) is 66.9 cm³/mol. The van der Waals surface area contributed by atoms with Gasteiger partial charge in [-0.15, -0.1) is 0 Å². The van der Waals surface area contributed by atoms with Crippen molar-refractivity contribution >= 4 is 5.97 Å². The first kappa shape index (κ1) is 13.6. The molecule has 1 rings (SSSR count). The lowest BCUT2D eigenvalue weighted by Gasteiger charge is -2.26. The summed E-state index contributed by atoms with van der Waals surface area (Å²) in [6.45, 7) is 5.76. The van der Waals surface area contributed by atoms with Crippen molar-refractivity contribution in [3.8, 4) is 0 Å². The molecule has 1 N–H and O–H groups in total. The lowest BCUT2D eigenvalue weighted by atomic mass is 10.1. The van der Waals surface area contributed by atoms with Crippen LogP contribution in [0.3, 0.4) is 0 Å². The van der Waals surface area contributed by atoms with E-state index in [1.807, 2.05) is 25.3 Å².